The smallest absolute Gasteiger partial charge is 0.252 e. The van der Waals surface area contributed by atoms with Crippen molar-refractivity contribution in [1.82, 2.24) is 9.97 Å². The maximum Gasteiger partial charge on any atom is 0.252 e. The van der Waals surface area contributed by atoms with Crippen LogP contribution in [0.4, 0.5) is 21.8 Å². The number of primary amides is 1. The minimum absolute atomic E-state index is 0.0151. The number of nitrogens with one attached hydrogen (secondary N) is 2. The summed E-state index contributed by atoms with van der Waals surface area (Å²) in [5.41, 5.74) is 11.4. The van der Waals surface area contributed by atoms with Gasteiger partial charge in [-0.15, -0.1) is 0 Å². The molecule has 0 aliphatic rings. The van der Waals surface area contributed by atoms with Crippen molar-refractivity contribution in [3.8, 4) is 0 Å². The number of nitrogens with zero attached hydrogens (tertiary/aromatic N) is 2. The monoisotopic (exact) mass is 340 g/mol. The van der Waals surface area contributed by atoms with Gasteiger partial charge < -0.3 is 22.1 Å². The average molecular weight is 340 g/mol. The number of carbonyl (C=O) groups excluding carboxylic acids is 1. The highest BCUT2D eigenvalue weighted by molar-refractivity contribution is 5.98. The van der Waals surface area contributed by atoms with E-state index >= 15 is 0 Å². The van der Waals surface area contributed by atoms with E-state index in [0.29, 0.717) is 18.9 Å². The van der Waals surface area contributed by atoms with Crippen LogP contribution in [0.1, 0.15) is 10.4 Å². The lowest BCUT2D eigenvalue weighted by Crippen LogP contribution is -2.18. The second-order valence-electron chi connectivity index (χ2n) is 5.31. The van der Waals surface area contributed by atoms with Gasteiger partial charge in [-0.25, -0.2) is 14.4 Å². The van der Waals surface area contributed by atoms with Gasteiger partial charge in [0.25, 0.3) is 5.91 Å². The number of benzene rings is 1. The number of anilines is 3. The second-order valence-corrected chi connectivity index (χ2v) is 5.31. The molecule has 0 aliphatic carbocycles. The number of carbonyl (C=O) groups is 1. The highest BCUT2D eigenvalue weighted by Gasteiger charge is 2.16. The van der Waals surface area contributed by atoms with Gasteiger partial charge in [-0.05, 0) is 24.3 Å². The molecule has 128 valence electrons. The maximum absolute atomic E-state index is 14.0. The summed E-state index contributed by atoms with van der Waals surface area (Å²) in [6.45, 7) is 0.654. The SMILES string of the molecule is NCCNc1nc(Nc2ccc3ccccc3n2)c(C(N)=O)cc1F. The fraction of sp³-hybridized carbons (Fsp3) is 0.118. The van der Waals surface area contributed by atoms with Crippen molar-refractivity contribution < 1.29 is 9.18 Å². The third kappa shape index (κ3) is 3.64. The first-order valence-corrected chi connectivity index (χ1v) is 7.65. The zero-order valence-corrected chi connectivity index (χ0v) is 13.3. The number of fused-ring (bicyclic) bond motifs is 1. The number of aromatic nitrogens is 2. The van der Waals surface area contributed by atoms with E-state index in [-0.39, 0.29) is 17.2 Å². The quantitative estimate of drug-likeness (QED) is 0.545. The first-order valence-electron chi connectivity index (χ1n) is 7.65. The molecule has 1 aromatic carbocycles. The number of hydrogen-bond acceptors (Lipinski definition) is 6. The molecule has 8 heteroatoms. The summed E-state index contributed by atoms with van der Waals surface area (Å²) < 4.78 is 14.0. The van der Waals surface area contributed by atoms with Crippen molar-refractivity contribution in [2.75, 3.05) is 23.7 Å². The molecular formula is C17H17FN6O. The van der Waals surface area contributed by atoms with Crippen molar-refractivity contribution in [3.63, 3.8) is 0 Å². The summed E-state index contributed by atoms with van der Waals surface area (Å²) in [4.78, 5) is 20.2. The van der Waals surface area contributed by atoms with Crippen LogP contribution in [0, 0.1) is 5.82 Å². The van der Waals surface area contributed by atoms with Crippen LogP contribution in [0.25, 0.3) is 10.9 Å². The van der Waals surface area contributed by atoms with Gasteiger partial charge in [0.05, 0.1) is 11.1 Å². The van der Waals surface area contributed by atoms with Gasteiger partial charge >= 0.3 is 0 Å². The van der Waals surface area contributed by atoms with Gasteiger partial charge in [-0.1, -0.05) is 18.2 Å². The van der Waals surface area contributed by atoms with Crippen molar-refractivity contribution in [1.29, 1.82) is 0 Å². The highest BCUT2D eigenvalue weighted by atomic mass is 19.1. The molecule has 2 aromatic heterocycles. The predicted molar refractivity (Wildman–Crippen MR) is 95.3 cm³/mol. The van der Waals surface area contributed by atoms with Gasteiger partial charge in [0.15, 0.2) is 11.6 Å². The van der Waals surface area contributed by atoms with E-state index in [1.807, 2.05) is 30.3 Å². The molecule has 3 aromatic rings. The molecular weight excluding hydrogens is 323 g/mol. The minimum Gasteiger partial charge on any atom is -0.366 e. The van der Waals surface area contributed by atoms with Crippen LogP contribution in [0.15, 0.2) is 42.5 Å². The van der Waals surface area contributed by atoms with E-state index in [4.69, 9.17) is 11.5 Å². The number of rotatable bonds is 6. The summed E-state index contributed by atoms with van der Waals surface area (Å²) in [6, 6.07) is 12.3. The summed E-state index contributed by atoms with van der Waals surface area (Å²) in [5, 5.41) is 6.66. The van der Waals surface area contributed by atoms with Crippen LogP contribution in [-0.4, -0.2) is 29.0 Å². The first-order chi connectivity index (χ1) is 12.1. The first kappa shape index (κ1) is 16.6. The number of halogens is 1. The molecule has 0 saturated heterocycles. The van der Waals surface area contributed by atoms with Crippen LogP contribution in [0.2, 0.25) is 0 Å². The van der Waals surface area contributed by atoms with E-state index in [1.165, 1.54) is 0 Å². The molecule has 2 heterocycles. The van der Waals surface area contributed by atoms with Crippen LogP contribution in [0.5, 0.6) is 0 Å². The van der Waals surface area contributed by atoms with Crippen LogP contribution >= 0.6 is 0 Å². The van der Waals surface area contributed by atoms with E-state index in [2.05, 4.69) is 20.6 Å². The zero-order valence-electron chi connectivity index (χ0n) is 13.3. The molecule has 0 fully saturated rings. The van der Waals surface area contributed by atoms with E-state index in [1.54, 1.807) is 6.07 Å². The Morgan fingerprint density at radius 2 is 1.92 bits per heavy atom. The lowest BCUT2D eigenvalue weighted by molar-refractivity contribution is 0.100. The molecule has 6 N–H and O–H groups in total. The topological polar surface area (TPSA) is 119 Å². The van der Waals surface area contributed by atoms with Crippen molar-refractivity contribution >= 4 is 34.3 Å². The van der Waals surface area contributed by atoms with Crippen LogP contribution in [-0.2, 0) is 0 Å². The van der Waals surface area contributed by atoms with E-state index in [0.717, 1.165) is 17.0 Å². The standard InChI is InChI=1S/C17H17FN6O/c18-12-9-11(15(20)25)16(24-17(12)21-8-7-19)23-14-6-5-10-3-1-2-4-13(10)22-14/h1-6,9H,7-8,19H2,(H2,20,25)(H2,21,22,23,24). The summed E-state index contributed by atoms with van der Waals surface area (Å²) in [6.07, 6.45) is 0. The van der Waals surface area contributed by atoms with Crippen molar-refractivity contribution in [3.05, 3.63) is 53.8 Å². The Kier molecular flexibility index (Phi) is 4.71. The molecule has 0 radical (unpaired) electrons. The van der Waals surface area contributed by atoms with Crippen molar-refractivity contribution in [2.24, 2.45) is 11.5 Å². The molecule has 25 heavy (non-hydrogen) atoms. The van der Waals surface area contributed by atoms with Crippen LogP contribution < -0.4 is 22.1 Å². The van der Waals surface area contributed by atoms with Crippen LogP contribution in [0.3, 0.4) is 0 Å². The fourth-order valence-electron chi connectivity index (χ4n) is 2.34. The molecule has 7 nitrogen and oxygen atoms in total. The number of pyridine rings is 2. The average Bonchev–Trinajstić information content (AvgIpc) is 2.61. The Morgan fingerprint density at radius 3 is 2.68 bits per heavy atom. The van der Waals surface area contributed by atoms with Gasteiger partial charge in [0, 0.05) is 18.5 Å². The summed E-state index contributed by atoms with van der Waals surface area (Å²) in [5.74, 6) is -0.903. The fourth-order valence-corrected chi connectivity index (χ4v) is 2.34. The number of para-hydroxylation sites is 1. The second kappa shape index (κ2) is 7.10. The Bertz CT molecular complexity index is 930. The molecule has 0 aliphatic heterocycles. The van der Waals surface area contributed by atoms with Gasteiger partial charge in [0.2, 0.25) is 0 Å². The third-order valence-corrected chi connectivity index (χ3v) is 3.52. The molecule has 0 bridgehead atoms. The number of nitrogens with two attached hydrogens (primary N) is 2. The maximum atomic E-state index is 14.0. The van der Waals surface area contributed by atoms with Gasteiger partial charge in [-0.3, -0.25) is 4.79 Å². The molecule has 3 rings (SSSR count). The molecule has 0 spiro atoms. The summed E-state index contributed by atoms with van der Waals surface area (Å²) in [7, 11) is 0. The molecule has 1 amide bonds. The molecule has 0 saturated carbocycles. The Morgan fingerprint density at radius 1 is 1.12 bits per heavy atom. The molecule has 0 unspecified atom stereocenters. The van der Waals surface area contributed by atoms with E-state index < -0.39 is 11.7 Å². The minimum atomic E-state index is -0.792. The lowest BCUT2D eigenvalue weighted by Gasteiger charge is -2.13. The zero-order chi connectivity index (χ0) is 17.8. The lowest BCUT2D eigenvalue weighted by atomic mass is 10.2. The number of amides is 1. The summed E-state index contributed by atoms with van der Waals surface area (Å²) >= 11 is 0. The van der Waals surface area contributed by atoms with Crippen molar-refractivity contribution in [2.45, 2.75) is 0 Å². The Hall–Kier alpha value is -3.26. The third-order valence-electron chi connectivity index (χ3n) is 3.52. The normalized spacial score (nSPS) is 10.6. The highest BCUT2D eigenvalue weighted by Crippen LogP contribution is 2.24. The van der Waals surface area contributed by atoms with Gasteiger partial charge in [-0.2, -0.15) is 0 Å². The molecule has 0 atom stereocenters. The van der Waals surface area contributed by atoms with Gasteiger partial charge in [0.1, 0.15) is 11.6 Å². The number of hydrogen-bond donors (Lipinski definition) is 4. The Balaban J connectivity index is 1.99. The van der Waals surface area contributed by atoms with E-state index in [9.17, 15) is 9.18 Å². The predicted octanol–water partition coefficient (Wildman–Crippen LogP) is 1.98. The Labute approximate surface area is 143 Å². The largest absolute Gasteiger partial charge is 0.366 e.